The van der Waals surface area contributed by atoms with E-state index in [2.05, 4.69) is 26.0 Å². The Bertz CT molecular complexity index is 1120. The van der Waals surface area contributed by atoms with Crippen molar-refractivity contribution in [3.05, 3.63) is 80.9 Å². The van der Waals surface area contributed by atoms with Gasteiger partial charge in [-0.3, -0.25) is 9.59 Å². The number of allylic oxidation sites excluding steroid dienone is 2. The van der Waals surface area contributed by atoms with Crippen LogP contribution in [0.2, 0.25) is 0 Å². The maximum absolute atomic E-state index is 12.9. The van der Waals surface area contributed by atoms with Crippen molar-refractivity contribution in [2.75, 3.05) is 7.11 Å². The summed E-state index contributed by atoms with van der Waals surface area (Å²) in [4.78, 5) is 37.9. The normalized spacial score (nSPS) is 15.9. The summed E-state index contributed by atoms with van der Waals surface area (Å²) in [5.41, 5.74) is 7.43. The lowest BCUT2D eigenvalue weighted by Gasteiger charge is -2.28. The number of methoxy groups -OCH3 is 1. The fourth-order valence-electron chi connectivity index (χ4n) is 4.89. The van der Waals surface area contributed by atoms with Crippen molar-refractivity contribution >= 4 is 17.5 Å². The van der Waals surface area contributed by atoms with Crippen LogP contribution < -0.4 is 0 Å². The second kappa shape index (κ2) is 10.3. The Morgan fingerprint density at radius 3 is 2.45 bits per heavy atom. The van der Waals surface area contributed by atoms with Crippen LogP contribution in [0.25, 0.3) is 0 Å². The zero-order valence-corrected chi connectivity index (χ0v) is 20.6. The number of Topliss-reactive ketones (excluding diaryl/α,β-unsaturated/α-hetero) is 2. The molecule has 0 saturated heterocycles. The van der Waals surface area contributed by atoms with Crippen LogP contribution in [0.4, 0.5) is 0 Å². The fraction of sp³-hybridized carbons (Fsp3) is 0.414. The van der Waals surface area contributed by atoms with Crippen molar-refractivity contribution in [1.29, 1.82) is 0 Å². The van der Waals surface area contributed by atoms with Gasteiger partial charge in [-0.05, 0) is 79.8 Å². The van der Waals surface area contributed by atoms with Crippen molar-refractivity contribution in [3.63, 3.8) is 0 Å². The van der Waals surface area contributed by atoms with Gasteiger partial charge in [0.15, 0.2) is 0 Å². The maximum atomic E-state index is 12.9. The van der Waals surface area contributed by atoms with Gasteiger partial charge in [-0.2, -0.15) is 0 Å². The minimum Gasteiger partial charge on any atom is -0.465 e. The Hall–Kier alpha value is -3.01. The average molecular weight is 447 g/mol. The number of hydrogen-bond acceptors (Lipinski definition) is 4. The number of aryl methyl sites for hydroxylation is 2. The highest BCUT2D eigenvalue weighted by atomic mass is 16.5. The first kappa shape index (κ1) is 24.6. The molecule has 1 aliphatic carbocycles. The first-order valence-electron chi connectivity index (χ1n) is 11.7. The van der Waals surface area contributed by atoms with E-state index in [1.54, 1.807) is 0 Å². The largest absolute Gasteiger partial charge is 0.465 e. The van der Waals surface area contributed by atoms with E-state index in [4.69, 9.17) is 4.74 Å². The van der Waals surface area contributed by atoms with Crippen LogP contribution in [-0.2, 0) is 16.0 Å². The molecule has 2 unspecified atom stereocenters. The number of rotatable bonds is 8. The zero-order chi connectivity index (χ0) is 24.3. The van der Waals surface area contributed by atoms with E-state index in [1.807, 2.05) is 45.0 Å². The lowest BCUT2D eigenvalue weighted by molar-refractivity contribution is -0.115. The molecule has 2 atom stereocenters. The van der Waals surface area contributed by atoms with Crippen LogP contribution in [0.3, 0.4) is 0 Å². The molecule has 0 heterocycles. The molecule has 4 nitrogen and oxygen atoms in total. The molecular weight excluding hydrogens is 412 g/mol. The number of hydrogen-bond donors (Lipinski definition) is 0. The highest BCUT2D eigenvalue weighted by Crippen LogP contribution is 2.38. The van der Waals surface area contributed by atoms with E-state index in [-0.39, 0.29) is 35.8 Å². The zero-order valence-electron chi connectivity index (χ0n) is 20.6. The molecule has 0 fully saturated rings. The van der Waals surface area contributed by atoms with Crippen molar-refractivity contribution in [2.45, 2.75) is 66.2 Å². The minimum absolute atomic E-state index is 0.112. The second-order valence-electron chi connectivity index (χ2n) is 9.37. The Morgan fingerprint density at radius 2 is 1.76 bits per heavy atom. The molecule has 0 spiro atoms. The van der Waals surface area contributed by atoms with Gasteiger partial charge in [-0.1, -0.05) is 49.8 Å². The van der Waals surface area contributed by atoms with Crippen LogP contribution in [0.15, 0.2) is 42.0 Å². The van der Waals surface area contributed by atoms with Gasteiger partial charge in [0, 0.05) is 17.9 Å². The molecule has 2 aromatic carbocycles. The number of esters is 1. The predicted molar refractivity (Wildman–Crippen MR) is 131 cm³/mol. The predicted octanol–water partition coefficient (Wildman–Crippen LogP) is 6.24. The Balaban J connectivity index is 1.65. The van der Waals surface area contributed by atoms with Gasteiger partial charge in [-0.15, -0.1) is 0 Å². The van der Waals surface area contributed by atoms with Crippen molar-refractivity contribution < 1.29 is 19.1 Å². The molecule has 0 aliphatic heterocycles. The molecule has 4 heteroatoms. The Labute approximate surface area is 197 Å². The second-order valence-corrected chi connectivity index (χ2v) is 9.37. The number of benzene rings is 2. The molecule has 174 valence electrons. The lowest BCUT2D eigenvalue weighted by atomic mass is 9.77. The van der Waals surface area contributed by atoms with Gasteiger partial charge in [0.1, 0.15) is 0 Å². The van der Waals surface area contributed by atoms with Gasteiger partial charge in [-0.25, -0.2) is 4.79 Å². The number of ether oxygens (including phenoxy) is 1. The first-order chi connectivity index (χ1) is 15.6. The number of carbonyl (C=O) groups excluding carboxylic acids is 3. The summed E-state index contributed by atoms with van der Waals surface area (Å²) in [6.07, 6.45) is 4.77. The average Bonchev–Trinajstić information content (AvgIpc) is 2.81. The standard InChI is InChI=1S/C29H34O4/c1-17(10-15-25(30)28(31)26-19(3)12-11-18(2)20(26)4)16-23-14-13-22-8-7-9-24(29(32)33-6)27(22)21(23)5/h7-9,11-12,14,17,21H,10,13,15-16H2,1-6H3. The third kappa shape index (κ3) is 5.16. The molecule has 0 saturated carbocycles. The van der Waals surface area contributed by atoms with Crippen LogP contribution in [0.1, 0.15) is 87.6 Å². The first-order valence-corrected chi connectivity index (χ1v) is 11.7. The number of fused-ring (bicyclic) bond motifs is 1. The molecule has 1 aliphatic rings. The van der Waals surface area contributed by atoms with Gasteiger partial charge < -0.3 is 4.74 Å². The van der Waals surface area contributed by atoms with Crippen molar-refractivity contribution in [3.8, 4) is 0 Å². The summed E-state index contributed by atoms with van der Waals surface area (Å²) in [5, 5.41) is 0. The summed E-state index contributed by atoms with van der Waals surface area (Å²) in [5.74, 6) is -0.632. The number of carbonyl (C=O) groups is 3. The van der Waals surface area contributed by atoms with Crippen LogP contribution in [0, 0.1) is 26.7 Å². The van der Waals surface area contributed by atoms with E-state index in [1.165, 1.54) is 12.7 Å². The summed E-state index contributed by atoms with van der Waals surface area (Å²) >= 11 is 0. The van der Waals surface area contributed by atoms with E-state index in [0.717, 1.165) is 40.7 Å². The molecule has 33 heavy (non-hydrogen) atoms. The summed E-state index contributed by atoms with van der Waals surface area (Å²) < 4.78 is 4.99. The van der Waals surface area contributed by atoms with Crippen LogP contribution in [-0.4, -0.2) is 24.6 Å². The molecular formula is C29H34O4. The van der Waals surface area contributed by atoms with Gasteiger partial charge in [0.05, 0.1) is 12.7 Å². The topological polar surface area (TPSA) is 60.4 Å². The monoisotopic (exact) mass is 446 g/mol. The molecule has 2 aromatic rings. The van der Waals surface area contributed by atoms with Gasteiger partial charge in [0.25, 0.3) is 0 Å². The fourth-order valence-corrected chi connectivity index (χ4v) is 4.89. The molecule has 0 N–H and O–H groups in total. The maximum Gasteiger partial charge on any atom is 0.338 e. The third-order valence-corrected chi connectivity index (χ3v) is 7.05. The SMILES string of the molecule is COC(=O)c1cccc2c1C(C)C(CC(C)CCC(=O)C(=O)c1c(C)ccc(C)c1C)=CC2. The van der Waals surface area contributed by atoms with Crippen molar-refractivity contribution in [1.82, 2.24) is 0 Å². The van der Waals surface area contributed by atoms with E-state index < -0.39 is 0 Å². The van der Waals surface area contributed by atoms with Crippen LogP contribution in [0.5, 0.6) is 0 Å². The molecule has 0 radical (unpaired) electrons. The summed E-state index contributed by atoms with van der Waals surface area (Å²) in [7, 11) is 1.41. The summed E-state index contributed by atoms with van der Waals surface area (Å²) in [6.45, 7) is 9.99. The number of ketones is 2. The molecule has 0 amide bonds. The van der Waals surface area contributed by atoms with Gasteiger partial charge >= 0.3 is 5.97 Å². The summed E-state index contributed by atoms with van der Waals surface area (Å²) in [6, 6.07) is 9.68. The van der Waals surface area contributed by atoms with Gasteiger partial charge in [0.2, 0.25) is 11.6 Å². The smallest absolute Gasteiger partial charge is 0.338 e. The Morgan fingerprint density at radius 1 is 1.06 bits per heavy atom. The third-order valence-electron chi connectivity index (χ3n) is 7.05. The molecule has 0 aromatic heterocycles. The minimum atomic E-state index is -0.372. The highest BCUT2D eigenvalue weighted by Gasteiger charge is 2.27. The Kier molecular flexibility index (Phi) is 7.68. The van der Waals surface area contributed by atoms with E-state index in [0.29, 0.717) is 17.5 Å². The van der Waals surface area contributed by atoms with E-state index in [9.17, 15) is 14.4 Å². The highest BCUT2D eigenvalue weighted by molar-refractivity contribution is 6.44. The molecule has 3 rings (SSSR count). The quantitative estimate of drug-likeness (QED) is 0.208. The van der Waals surface area contributed by atoms with Crippen LogP contribution >= 0.6 is 0 Å². The van der Waals surface area contributed by atoms with E-state index >= 15 is 0 Å². The molecule has 0 bridgehead atoms. The lowest BCUT2D eigenvalue weighted by Crippen LogP contribution is -2.19. The van der Waals surface area contributed by atoms with Crippen molar-refractivity contribution in [2.24, 2.45) is 5.92 Å².